The summed E-state index contributed by atoms with van der Waals surface area (Å²) in [4.78, 5) is 14.0. The zero-order chi connectivity index (χ0) is 24.0. The molecule has 4 aromatic rings. The molecule has 0 aliphatic rings. The first kappa shape index (κ1) is 24.1. The van der Waals surface area contributed by atoms with Crippen LogP contribution in [0.2, 0.25) is 0 Å². The number of carbonyl (C=O) groups is 1. The number of aromatic hydroxyl groups is 1. The number of carboxylic acids is 1. The van der Waals surface area contributed by atoms with Crippen LogP contribution in [0.4, 0.5) is 0 Å². The van der Waals surface area contributed by atoms with Gasteiger partial charge in [-0.1, -0.05) is 41.7 Å². The van der Waals surface area contributed by atoms with Gasteiger partial charge in [0.25, 0.3) is 10.0 Å². The molecule has 4 N–H and O–H groups in total. The molecule has 0 amide bonds. The van der Waals surface area contributed by atoms with Crippen LogP contribution in [0, 0.1) is 25.7 Å². The molecule has 0 aliphatic carbocycles. The SMILES string of the molecule is Cc1c[nH]c2c(O)cccc12.Cc1ccc(C#Cc2ccc(S(=O)(=O)NCC(=O)O)s2)cc1. The first-order valence-corrected chi connectivity index (χ1v) is 12.1. The van der Waals surface area contributed by atoms with E-state index >= 15 is 0 Å². The zero-order valence-corrected chi connectivity index (χ0v) is 19.5. The van der Waals surface area contributed by atoms with Crippen molar-refractivity contribution in [3.05, 3.63) is 82.4 Å². The molecule has 0 radical (unpaired) electrons. The molecule has 4 rings (SSSR count). The minimum Gasteiger partial charge on any atom is -0.506 e. The van der Waals surface area contributed by atoms with Crippen molar-refractivity contribution in [2.45, 2.75) is 18.1 Å². The molecule has 9 heteroatoms. The number of aliphatic carboxylic acids is 1. The first-order chi connectivity index (χ1) is 15.7. The summed E-state index contributed by atoms with van der Waals surface area (Å²) in [6.45, 7) is 3.35. The molecule has 0 unspecified atom stereocenters. The molecule has 0 bridgehead atoms. The Hall–Kier alpha value is -3.58. The van der Waals surface area contributed by atoms with E-state index in [0.29, 0.717) is 10.6 Å². The van der Waals surface area contributed by atoms with Crippen LogP contribution in [-0.4, -0.2) is 36.1 Å². The fourth-order valence-corrected chi connectivity index (χ4v) is 4.99. The van der Waals surface area contributed by atoms with Crippen molar-refractivity contribution in [2.75, 3.05) is 6.54 Å². The van der Waals surface area contributed by atoms with Crippen molar-refractivity contribution >= 4 is 38.2 Å². The number of phenolic OH excluding ortho intramolecular Hbond substituents is 1. The molecule has 0 saturated carbocycles. The Morgan fingerprint density at radius 1 is 1.06 bits per heavy atom. The fourth-order valence-electron chi connectivity index (χ4n) is 2.81. The van der Waals surface area contributed by atoms with E-state index in [0.717, 1.165) is 38.9 Å². The Morgan fingerprint density at radius 2 is 1.79 bits per heavy atom. The van der Waals surface area contributed by atoms with Crippen LogP contribution in [-0.2, 0) is 14.8 Å². The molecule has 33 heavy (non-hydrogen) atoms. The van der Waals surface area contributed by atoms with Gasteiger partial charge in [0.05, 0.1) is 10.4 Å². The molecule has 0 fully saturated rings. The lowest BCUT2D eigenvalue weighted by molar-refractivity contribution is -0.135. The molecule has 2 aromatic heterocycles. The highest BCUT2D eigenvalue weighted by atomic mass is 32.2. The zero-order valence-electron chi connectivity index (χ0n) is 17.9. The second kappa shape index (κ2) is 10.4. The molecule has 7 nitrogen and oxygen atoms in total. The van der Waals surface area contributed by atoms with E-state index in [1.54, 1.807) is 12.1 Å². The van der Waals surface area contributed by atoms with Crippen molar-refractivity contribution < 1.29 is 23.4 Å². The summed E-state index contributed by atoms with van der Waals surface area (Å²) in [6.07, 6.45) is 1.89. The van der Waals surface area contributed by atoms with Crippen LogP contribution in [0.5, 0.6) is 5.75 Å². The average Bonchev–Trinajstić information content (AvgIpc) is 3.41. The number of benzene rings is 2. The van der Waals surface area contributed by atoms with Gasteiger partial charge in [-0.2, -0.15) is 4.72 Å². The van der Waals surface area contributed by atoms with Gasteiger partial charge in [0.1, 0.15) is 16.5 Å². The van der Waals surface area contributed by atoms with Gasteiger partial charge in [0, 0.05) is 17.1 Å². The minimum absolute atomic E-state index is 0.0435. The van der Waals surface area contributed by atoms with Crippen LogP contribution in [0.3, 0.4) is 0 Å². The van der Waals surface area contributed by atoms with Crippen LogP contribution in [0.15, 0.2) is 65.0 Å². The second-order valence-electron chi connectivity index (χ2n) is 7.12. The summed E-state index contributed by atoms with van der Waals surface area (Å²) in [5, 5.41) is 19.0. The largest absolute Gasteiger partial charge is 0.506 e. The maximum atomic E-state index is 11.8. The van der Waals surface area contributed by atoms with Crippen molar-refractivity contribution in [1.82, 2.24) is 9.71 Å². The fraction of sp³-hybridized carbons (Fsp3) is 0.125. The molecule has 0 aliphatic heterocycles. The summed E-state index contributed by atoms with van der Waals surface area (Å²) >= 11 is 0.997. The second-order valence-corrected chi connectivity index (χ2v) is 10.2. The number of sulfonamides is 1. The van der Waals surface area contributed by atoms with Gasteiger partial charge < -0.3 is 15.2 Å². The van der Waals surface area contributed by atoms with Gasteiger partial charge in [-0.3, -0.25) is 4.79 Å². The molecule has 2 heterocycles. The molecule has 0 atom stereocenters. The number of thiophene rings is 1. The number of H-pyrrole nitrogens is 1. The van der Waals surface area contributed by atoms with Crippen molar-refractivity contribution in [3.63, 3.8) is 0 Å². The Kier molecular flexibility index (Phi) is 7.55. The van der Waals surface area contributed by atoms with E-state index in [1.807, 2.05) is 61.2 Å². The quantitative estimate of drug-likeness (QED) is 0.328. The molecule has 170 valence electrons. The van der Waals surface area contributed by atoms with E-state index in [9.17, 15) is 18.3 Å². The smallest absolute Gasteiger partial charge is 0.318 e. The standard InChI is InChI=1S/C15H13NO4S2.C9H9NO/c1-11-2-4-12(5-3-11)6-7-13-8-9-15(21-13)22(19,20)16-10-14(17)18;1-6-5-10-9-7(6)3-2-4-8(9)11/h2-5,8-9,16H,10H2,1H3,(H,17,18);2-5,10-11H,1H3. The number of carboxylic acid groups (broad SMARTS) is 1. The summed E-state index contributed by atoms with van der Waals surface area (Å²) in [5.41, 5.74) is 3.97. The van der Waals surface area contributed by atoms with Gasteiger partial charge in [-0.25, -0.2) is 8.42 Å². The topological polar surface area (TPSA) is 119 Å². The Labute approximate surface area is 195 Å². The number of aromatic amines is 1. The number of rotatable bonds is 4. The molecular weight excluding hydrogens is 460 g/mol. The normalized spacial score (nSPS) is 10.7. The number of aromatic nitrogens is 1. The van der Waals surface area contributed by atoms with Crippen LogP contribution in [0.25, 0.3) is 10.9 Å². The molecule has 0 spiro atoms. The number of hydrogen-bond acceptors (Lipinski definition) is 5. The molecular formula is C24H22N2O5S2. The predicted octanol–water partition coefficient (Wildman–Crippen LogP) is 4.00. The van der Waals surface area contributed by atoms with E-state index < -0.39 is 22.5 Å². The van der Waals surface area contributed by atoms with Crippen LogP contribution in [0.1, 0.15) is 21.6 Å². The third-order valence-electron chi connectivity index (χ3n) is 4.54. The van der Waals surface area contributed by atoms with Crippen molar-refractivity contribution in [2.24, 2.45) is 0 Å². The monoisotopic (exact) mass is 482 g/mol. The molecule has 0 saturated heterocycles. The van der Waals surface area contributed by atoms with Gasteiger partial charge in [-0.05, 0) is 49.7 Å². The van der Waals surface area contributed by atoms with Gasteiger partial charge >= 0.3 is 5.97 Å². The highest BCUT2D eigenvalue weighted by Crippen LogP contribution is 2.25. The lowest BCUT2D eigenvalue weighted by atomic mass is 10.1. The van der Waals surface area contributed by atoms with Crippen molar-refractivity contribution in [1.29, 1.82) is 0 Å². The maximum Gasteiger partial charge on any atom is 0.318 e. The van der Waals surface area contributed by atoms with Crippen molar-refractivity contribution in [3.8, 4) is 17.6 Å². The average molecular weight is 483 g/mol. The van der Waals surface area contributed by atoms with Gasteiger partial charge in [-0.15, -0.1) is 11.3 Å². The van der Waals surface area contributed by atoms with E-state index in [2.05, 4.69) is 16.8 Å². The summed E-state index contributed by atoms with van der Waals surface area (Å²) in [7, 11) is -3.80. The number of aryl methyl sites for hydroxylation is 2. The van der Waals surface area contributed by atoms with E-state index in [-0.39, 0.29) is 4.21 Å². The van der Waals surface area contributed by atoms with E-state index in [1.165, 1.54) is 6.07 Å². The van der Waals surface area contributed by atoms with Gasteiger partial charge in [0.2, 0.25) is 0 Å². The maximum absolute atomic E-state index is 11.8. The van der Waals surface area contributed by atoms with Gasteiger partial charge in [0.15, 0.2) is 0 Å². The highest BCUT2D eigenvalue weighted by molar-refractivity contribution is 7.91. The Bertz CT molecular complexity index is 1440. The third-order valence-corrected chi connectivity index (χ3v) is 7.44. The Morgan fingerprint density at radius 3 is 2.45 bits per heavy atom. The predicted molar refractivity (Wildman–Crippen MR) is 129 cm³/mol. The van der Waals surface area contributed by atoms with Crippen LogP contribution >= 0.6 is 11.3 Å². The number of hydrogen-bond donors (Lipinski definition) is 4. The summed E-state index contributed by atoms with van der Waals surface area (Å²) < 4.78 is 25.7. The van der Waals surface area contributed by atoms with Crippen LogP contribution < -0.4 is 4.72 Å². The number of fused-ring (bicyclic) bond motifs is 1. The highest BCUT2D eigenvalue weighted by Gasteiger charge is 2.17. The minimum atomic E-state index is -3.80. The number of nitrogens with one attached hydrogen (secondary N) is 2. The molecule has 2 aromatic carbocycles. The Balaban J connectivity index is 0.000000231. The lowest BCUT2D eigenvalue weighted by Crippen LogP contribution is -2.28. The van der Waals surface area contributed by atoms with E-state index in [4.69, 9.17) is 5.11 Å². The third kappa shape index (κ3) is 6.46. The number of phenols is 1. The summed E-state index contributed by atoms with van der Waals surface area (Å²) in [6, 6.07) is 16.2. The lowest BCUT2D eigenvalue weighted by Gasteiger charge is -2.00. The number of para-hydroxylation sites is 1. The first-order valence-electron chi connectivity index (χ1n) is 9.81. The summed E-state index contributed by atoms with van der Waals surface area (Å²) in [5.74, 6) is 4.93.